The molecule has 1 saturated carbocycles. The molecule has 0 bridgehead atoms. The Balaban J connectivity index is 0.000000820. The Labute approximate surface area is 489 Å². The number of amides is 2. The van der Waals surface area contributed by atoms with Crippen LogP contribution in [0.2, 0.25) is 0 Å². The van der Waals surface area contributed by atoms with Gasteiger partial charge < -0.3 is 44.6 Å². The minimum absolute atomic E-state index is 0.0365. The molecule has 1 aliphatic rings. The molecule has 0 aliphatic heterocycles. The zero-order chi connectivity index (χ0) is 60.3. The highest BCUT2D eigenvalue weighted by Crippen LogP contribution is 2.32. The van der Waals surface area contributed by atoms with Gasteiger partial charge in [0.1, 0.15) is 36.6 Å². The number of rotatable bonds is 55. The molecule has 0 saturated heterocycles. The zero-order valence-electron chi connectivity index (χ0n) is 50.2. The van der Waals surface area contributed by atoms with Crippen LogP contribution in [0.3, 0.4) is 0 Å². The third kappa shape index (κ3) is 45.6. The molecule has 2 rings (SSSR count). The van der Waals surface area contributed by atoms with Gasteiger partial charge in [-0.25, -0.2) is 15.3 Å². The highest BCUT2D eigenvalue weighted by molar-refractivity contribution is 5.85. The second-order valence-electron chi connectivity index (χ2n) is 22.3. The highest BCUT2D eigenvalue weighted by Gasteiger charge is 2.29. The number of carbonyl (C=O) groups excluding carboxylic acids is 6. The largest absolute Gasteiger partial charge is 0.481 e. The van der Waals surface area contributed by atoms with Gasteiger partial charge >= 0.3 is 17.9 Å². The van der Waals surface area contributed by atoms with Gasteiger partial charge in [0.05, 0.1) is 38.7 Å². The summed E-state index contributed by atoms with van der Waals surface area (Å²) in [4.78, 5) is 116. The van der Waals surface area contributed by atoms with Crippen molar-refractivity contribution in [1.29, 1.82) is 0 Å². The van der Waals surface area contributed by atoms with E-state index in [9.17, 15) is 53.4 Å². The summed E-state index contributed by atoms with van der Waals surface area (Å²) in [5, 5.41) is 30.1. The maximum absolute atomic E-state index is 12.5. The summed E-state index contributed by atoms with van der Waals surface area (Å²) in [5.41, 5.74) is 3.10. The van der Waals surface area contributed by atoms with Crippen LogP contribution in [-0.2, 0) is 68.6 Å². The van der Waals surface area contributed by atoms with E-state index in [1.54, 1.807) is 12.5 Å². The Hall–Kier alpha value is -4.92. The van der Waals surface area contributed by atoms with E-state index in [4.69, 9.17) is 24.2 Å². The van der Waals surface area contributed by atoms with E-state index in [2.05, 4.69) is 20.8 Å². The van der Waals surface area contributed by atoms with Crippen molar-refractivity contribution in [3.8, 4) is 0 Å². The molecule has 0 unspecified atom stereocenters. The molecule has 470 valence electrons. The number of aliphatic carboxylic acids is 3. The number of nitrogens with one attached hydrogen (secondary N) is 3. The van der Waals surface area contributed by atoms with Crippen LogP contribution >= 0.6 is 0 Å². The van der Waals surface area contributed by atoms with E-state index in [0.717, 1.165) is 69.9 Å². The van der Waals surface area contributed by atoms with Gasteiger partial charge in [-0.1, -0.05) is 116 Å². The lowest BCUT2D eigenvalue weighted by Crippen LogP contribution is -2.44. The Morgan fingerprint density at radius 3 is 1.67 bits per heavy atom. The van der Waals surface area contributed by atoms with Gasteiger partial charge in [0.2, 0.25) is 5.91 Å². The maximum atomic E-state index is 12.5. The minimum Gasteiger partial charge on any atom is -0.481 e. The first-order valence-corrected chi connectivity index (χ1v) is 31.2. The first kappa shape index (κ1) is 75.1. The van der Waals surface area contributed by atoms with E-state index in [1.165, 1.54) is 84.0 Å². The van der Waals surface area contributed by atoms with Gasteiger partial charge in [0.15, 0.2) is 5.78 Å². The monoisotopic (exact) mass is 1160 g/mol. The van der Waals surface area contributed by atoms with E-state index >= 15 is 0 Å². The zero-order valence-corrected chi connectivity index (χ0v) is 50.2. The van der Waals surface area contributed by atoms with Gasteiger partial charge in [0, 0.05) is 69.4 Å². The highest BCUT2D eigenvalue weighted by atomic mass is 16.7. The number of nitrogens with zero attached hydrogens (tertiary/aromatic N) is 1. The Bertz CT molecular complexity index is 1870. The quantitative estimate of drug-likeness (QED) is 0.0261. The molecule has 20 nitrogen and oxygen atoms in total. The predicted octanol–water partition coefficient (Wildman–Crippen LogP) is 11.0. The van der Waals surface area contributed by atoms with E-state index in [0.29, 0.717) is 115 Å². The van der Waals surface area contributed by atoms with Crippen molar-refractivity contribution in [2.45, 2.75) is 257 Å². The van der Waals surface area contributed by atoms with Crippen molar-refractivity contribution in [2.24, 2.45) is 17.8 Å². The van der Waals surface area contributed by atoms with Crippen LogP contribution in [-0.4, -0.2) is 130 Å². The number of H-pyrrole nitrogens is 1. The lowest BCUT2D eigenvalue weighted by Gasteiger charge is -2.28. The number of aromatic amines is 1. The fourth-order valence-corrected chi connectivity index (χ4v) is 9.88. The van der Waals surface area contributed by atoms with Crippen molar-refractivity contribution in [3.05, 3.63) is 18.2 Å². The molecule has 0 aromatic carbocycles. The fourth-order valence-electron chi connectivity index (χ4n) is 9.88. The van der Waals surface area contributed by atoms with Gasteiger partial charge in [-0.05, 0) is 96.3 Å². The molecule has 2 amide bonds. The van der Waals surface area contributed by atoms with E-state index in [1.807, 2.05) is 6.92 Å². The molecule has 20 heteroatoms. The molecule has 0 spiro atoms. The first-order chi connectivity index (χ1) is 39.6. The van der Waals surface area contributed by atoms with Gasteiger partial charge in [-0.2, -0.15) is 0 Å². The number of ether oxygens (including phenoxy) is 3. The number of Topliss-reactive ketones (excluding diaryl/α,β-unsaturated/α-hetero) is 4. The third-order valence-corrected chi connectivity index (χ3v) is 14.9. The molecule has 1 fully saturated rings. The van der Waals surface area contributed by atoms with Crippen molar-refractivity contribution in [2.75, 3.05) is 46.2 Å². The summed E-state index contributed by atoms with van der Waals surface area (Å²) in [6, 6.07) is -0.782. The number of carboxylic acids is 3. The predicted molar refractivity (Wildman–Crippen MR) is 312 cm³/mol. The van der Waals surface area contributed by atoms with Crippen LogP contribution in [0.25, 0.3) is 0 Å². The van der Waals surface area contributed by atoms with Crippen LogP contribution in [0, 0.1) is 17.8 Å². The van der Waals surface area contributed by atoms with Crippen molar-refractivity contribution >= 4 is 52.9 Å². The Kier molecular flexibility index (Phi) is 47.3. The summed E-state index contributed by atoms with van der Waals surface area (Å²) in [7, 11) is 0. The smallest absolute Gasteiger partial charge is 0.326 e. The number of carboxylic acid groups (broad SMARTS) is 3. The number of imidazole rings is 1. The molecule has 1 aromatic heterocycles. The average molecular weight is 1160 g/mol. The SMILES string of the molecule is CC(=O)CCCOCCOCC(=O)NOCCOCC(=O)CCCCC[C@H](CCC(=O)CCc1cnc[nH]1)C(=O)O.CCC[C@@H](NC(=O)C1CCC(CCC(=O)CCCCCCCCCCCCCCCCCCC(=O)O)CC1)C(=O)O. The second kappa shape index (κ2) is 51.7. The summed E-state index contributed by atoms with van der Waals surface area (Å²) in [5.74, 6) is -2.79. The second-order valence-corrected chi connectivity index (χ2v) is 22.3. The normalized spacial score (nSPS) is 14.7. The van der Waals surface area contributed by atoms with Crippen LogP contribution in [0.15, 0.2) is 12.5 Å². The summed E-state index contributed by atoms with van der Waals surface area (Å²) >= 11 is 0. The molecule has 6 N–H and O–H groups in total. The lowest BCUT2D eigenvalue weighted by atomic mass is 9.79. The minimum atomic E-state index is -0.957. The molecule has 1 aromatic rings. The van der Waals surface area contributed by atoms with Crippen LogP contribution in [0.1, 0.15) is 251 Å². The molecular formula is C62H106N4O16. The summed E-state index contributed by atoms with van der Waals surface area (Å²) < 4.78 is 15.7. The fraction of sp³-hybridized carbons (Fsp3) is 0.806. The topological polar surface area (TPSA) is 304 Å². The van der Waals surface area contributed by atoms with E-state index in [-0.39, 0.29) is 68.6 Å². The number of aryl methyl sites for hydroxylation is 1. The number of hydrogen-bond acceptors (Lipinski definition) is 14. The average Bonchev–Trinajstić information content (AvgIpc) is 4.03. The molecular weight excluding hydrogens is 1060 g/mol. The Morgan fingerprint density at radius 1 is 0.561 bits per heavy atom. The van der Waals surface area contributed by atoms with Gasteiger partial charge in [-0.15, -0.1) is 0 Å². The standard InChI is InChI=1S/C34H61NO6.C28H45N3O10/c1-2-19-31(34(40)41)35-33(39)29-25-22-28(23-26-29)24-27-30(36)20-17-15-13-11-9-7-5-3-4-6-8-10-12-14-16-18-21-32(37)38;1-22(32)6-5-13-38-14-15-40-20-27(35)31-41-17-16-39-19-26(34)8-4-2-3-7-23(28(36)37)9-11-25(33)12-10-24-18-29-21-30-24/h28-29,31H,2-27H2,1H3,(H,35,39)(H,37,38)(H,40,41);18,21,23H,2-17,19-20H2,1H3,(H,29,30)(H,31,35)(H,36,37)/t28?,29?,31-;23-/m11/s1. The lowest BCUT2D eigenvalue weighted by molar-refractivity contribution is -0.143. The summed E-state index contributed by atoms with van der Waals surface area (Å²) in [6.07, 6.45) is 35.5. The van der Waals surface area contributed by atoms with Crippen LogP contribution in [0.5, 0.6) is 0 Å². The number of hydrogen-bond donors (Lipinski definition) is 6. The van der Waals surface area contributed by atoms with Crippen molar-refractivity contribution in [1.82, 2.24) is 20.8 Å². The molecule has 0 radical (unpaired) electrons. The van der Waals surface area contributed by atoms with Crippen molar-refractivity contribution < 1.29 is 77.5 Å². The number of aromatic nitrogens is 2. The van der Waals surface area contributed by atoms with Gasteiger partial charge in [0.25, 0.3) is 5.91 Å². The maximum Gasteiger partial charge on any atom is 0.326 e. The molecule has 1 aliphatic carbocycles. The third-order valence-electron chi connectivity index (χ3n) is 14.9. The van der Waals surface area contributed by atoms with Crippen LogP contribution < -0.4 is 10.8 Å². The number of unbranched alkanes of at least 4 members (excludes halogenated alkanes) is 17. The summed E-state index contributed by atoms with van der Waals surface area (Å²) in [6.45, 7) is 4.43. The number of hydroxylamine groups is 1. The van der Waals surface area contributed by atoms with E-state index < -0.39 is 35.8 Å². The van der Waals surface area contributed by atoms with Crippen molar-refractivity contribution in [3.63, 3.8) is 0 Å². The molecule has 2 atom stereocenters. The molecule has 1 heterocycles. The van der Waals surface area contributed by atoms with Crippen LogP contribution in [0.4, 0.5) is 0 Å². The Morgan fingerprint density at radius 2 is 1.11 bits per heavy atom. The number of carbonyl (C=O) groups is 9. The van der Waals surface area contributed by atoms with Gasteiger partial charge in [-0.3, -0.25) is 38.4 Å². The first-order valence-electron chi connectivity index (χ1n) is 31.2. The molecule has 82 heavy (non-hydrogen) atoms. The number of ketones is 4.